The maximum Gasteiger partial charge on any atom is 0.227 e. The molecule has 0 fully saturated rings. The summed E-state index contributed by atoms with van der Waals surface area (Å²) in [5, 5.41) is 20.2. The summed E-state index contributed by atoms with van der Waals surface area (Å²) in [4.78, 5) is 21.4. The first-order valence-electron chi connectivity index (χ1n) is 3.97. The summed E-state index contributed by atoms with van der Waals surface area (Å²) in [6, 6.07) is 0. The van der Waals surface area contributed by atoms with Gasteiger partial charge in [0, 0.05) is 6.54 Å². The Kier molecular flexibility index (Phi) is 4.58. The van der Waals surface area contributed by atoms with E-state index >= 15 is 0 Å². The average molecular weight is 189 g/mol. The van der Waals surface area contributed by atoms with E-state index in [1.54, 1.807) is 0 Å². The highest BCUT2D eigenvalue weighted by molar-refractivity contribution is 5.96. The van der Waals surface area contributed by atoms with Crippen LogP contribution in [0.2, 0.25) is 0 Å². The van der Waals surface area contributed by atoms with E-state index in [0.717, 1.165) is 0 Å². The molecule has 0 aliphatic carbocycles. The van der Waals surface area contributed by atoms with Crippen molar-refractivity contribution >= 4 is 11.7 Å². The van der Waals surface area contributed by atoms with Crippen LogP contribution < -0.4 is 5.32 Å². The van der Waals surface area contributed by atoms with Gasteiger partial charge in [-0.05, 0) is 13.8 Å². The molecular weight excluding hydrogens is 174 g/mol. The van der Waals surface area contributed by atoms with Crippen LogP contribution >= 0.6 is 0 Å². The van der Waals surface area contributed by atoms with E-state index in [-0.39, 0.29) is 18.7 Å². The third kappa shape index (κ3) is 6.24. The molecule has 0 saturated carbocycles. The number of aliphatic hydroxyl groups is 2. The molecule has 0 radical (unpaired) electrons. The number of carbonyl (C=O) groups excluding carboxylic acids is 2. The van der Waals surface area contributed by atoms with Crippen molar-refractivity contribution in [2.75, 3.05) is 13.2 Å². The van der Waals surface area contributed by atoms with Gasteiger partial charge in [-0.1, -0.05) is 0 Å². The minimum atomic E-state index is -1.33. The second-order valence-corrected chi connectivity index (χ2v) is 3.31. The summed E-state index contributed by atoms with van der Waals surface area (Å²) < 4.78 is 0. The predicted molar refractivity (Wildman–Crippen MR) is 46.0 cm³/mol. The largest absolute Gasteiger partial charge is 0.393 e. The number of Topliss-reactive ketones (excluding diaryl/α,β-unsaturated/α-hetero) is 1. The summed E-state index contributed by atoms with van der Waals surface area (Å²) in [7, 11) is 0. The lowest BCUT2D eigenvalue weighted by Crippen LogP contribution is -2.43. The molecule has 0 aromatic heterocycles. The van der Waals surface area contributed by atoms with Gasteiger partial charge in [0.25, 0.3) is 0 Å². The fraction of sp³-hybridized carbons (Fsp3) is 0.750. The lowest BCUT2D eigenvalue weighted by molar-refractivity contribution is -0.128. The highest BCUT2D eigenvalue weighted by atomic mass is 16.3. The van der Waals surface area contributed by atoms with Crippen LogP contribution in [0.25, 0.3) is 0 Å². The Morgan fingerprint density at radius 3 is 2.38 bits per heavy atom. The van der Waals surface area contributed by atoms with E-state index in [2.05, 4.69) is 5.32 Å². The Morgan fingerprint density at radius 1 is 1.46 bits per heavy atom. The molecule has 1 amide bonds. The number of rotatable bonds is 5. The highest BCUT2D eigenvalue weighted by Gasteiger charge is 2.19. The van der Waals surface area contributed by atoms with E-state index in [1.165, 1.54) is 13.8 Å². The van der Waals surface area contributed by atoms with Crippen LogP contribution in [-0.4, -0.2) is 40.7 Å². The molecule has 0 rings (SSSR count). The van der Waals surface area contributed by atoms with Gasteiger partial charge in [0.15, 0.2) is 0 Å². The number of ketones is 1. The van der Waals surface area contributed by atoms with Gasteiger partial charge >= 0.3 is 0 Å². The number of amides is 1. The first-order chi connectivity index (χ1) is 5.87. The van der Waals surface area contributed by atoms with Gasteiger partial charge in [-0.2, -0.15) is 0 Å². The maximum absolute atomic E-state index is 10.9. The zero-order chi connectivity index (χ0) is 10.5. The van der Waals surface area contributed by atoms with Crippen LogP contribution in [0.1, 0.15) is 20.3 Å². The number of hydrogen-bond acceptors (Lipinski definition) is 4. The van der Waals surface area contributed by atoms with E-state index in [9.17, 15) is 14.7 Å². The van der Waals surface area contributed by atoms with Crippen LogP contribution in [0.3, 0.4) is 0 Å². The van der Waals surface area contributed by atoms with Gasteiger partial charge in [0.1, 0.15) is 11.4 Å². The molecule has 5 nitrogen and oxygen atoms in total. The quantitative estimate of drug-likeness (QED) is 0.475. The van der Waals surface area contributed by atoms with Crippen molar-refractivity contribution in [3.8, 4) is 0 Å². The van der Waals surface area contributed by atoms with Crippen molar-refractivity contribution in [2.45, 2.75) is 25.9 Å². The monoisotopic (exact) mass is 189 g/mol. The van der Waals surface area contributed by atoms with Crippen molar-refractivity contribution in [3.05, 3.63) is 0 Å². The molecule has 0 heterocycles. The van der Waals surface area contributed by atoms with Crippen molar-refractivity contribution in [1.29, 1.82) is 0 Å². The molecular formula is C8H15NO4. The lowest BCUT2D eigenvalue weighted by Gasteiger charge is -2.20. The van der Waals surface area contributed by atoms with E-state index in [0.29, 0.717) is 0 Å². The number of nitrogens with one attached hydrogen (secondary N) is 1. The normalized spacial score (nSPS) is 14.8. The Balaban J connectivity index is 3.76. The second-order valence-electron chi connectivity index (χ2n) is 3.31. The molecule has 0 aromatic carbocycles. The zero-order valence-corrected chi connectivity index (χ0v) is 7.83. The van der Waals surface area contributed by atoms with Crippen LogP contribution in [-0.2, 0) is 9.59 Å². The smallest absolute Gasteiger partial charge is 0.227 e. The van der Waals surface area contributed by atoms with Gasteiger partial charge in [-0.15, -0.1) is 0 Å². The maximum atomic E-state index is 10.9. The Hall–Kier alpha value is -0.940. The van der Waals surface area contributed by atoms with Crippen LogP contribution in [0.4, 0.5) is 0 Å². The summed E-state index contributed by atoms with van der Waals surface area (Å²) in [6.45, 7) is 2.20. The highest BCUT2D eigenvalue weighted by Crippen LogP contribution is 1.98. The molecule has 3 N–H and O–H groups in total. The molecule has 1 unspecified atom stereocenters. The first-order valence-corrected chi connectivity index (χ1v) is 3.97. The molecule has 0 spiro atoms. The Morgan fingerprint density at radius 2 is 2.00 bits per heavy atom. The zero-order valence-electron chi connectivity index (χ0n) is 7.83. The van der Waals surface area contributed by atoms with E-state index in [1.807, 2.05) is 0 Å². The molecule has 0 aliphatic heterocycles. The molecule has 0 saturated heterocycles. The van der Waals surface area contributed by atoms with Crippen molar-refractivity contribution in [2.24, 2.45) is 0 Å². The van der Waals surface area contributed by atoms with E-state index in [4.69, 9.17) is 5.11 Å². The fourth-order valence-electron chi connectivity index (χ4n) is 0.634. The third-order valence-corrected chi connectivity index (χ3v) is 1.42. The fourth-order valence-corrected chi connectivity index (χ4v) is 0.634. The predicted octanol–water partition coefficient (Wildman–Crippen LogP) is -1.17. The van der Waals surface area contributed by atoms with Gasteiger partial charge in [0.05, 0.1) is 13.0 Å². The van der Waals surface area contributed by atoms with Gasteiger partial charge in [-0.25, -0.2) is 0 Å². The summed E-state index contributed by atoms with van der Waals surface area (Å²) in [5.41, 5.74) is -1.33. The molecule has 0 aliphatic rings. The lowest BCUT2D eigenvalue weighted by atomic mass is 10.1. The molecule has 5 heteroatoms. The average Bonchev–Trinajstić information content (AvgIpc) is 2.00. The minimum absolute atomic E-state index is 0.0599. The van der Waals surface area contributed by atoms with Gasteiger partial charge in [0.2, 0.25) is 5.91 Å². The first kappa shape index (κ1) is 12.1. The summed E-state index contributed by atoms with van der Waals surface area (Å²) in [6.07, 6.45) is -0.193. The number of hydrogen-bond donors (Lipinski definition) is 3. The molecule has 1 atom stereocenters. The summed E-state index contributed by atoms with van der Waals surface area (Å²) >= 11 is 0. The summed E-state index contributed by atoms with van der Waals surface area (Å²) in [5.74, 6) is -0.678. The SMILES string of the molecule is CC(=O)CC(=O)NCC(C)(O)CO. The van der Waals surface area contributed by atoms with Crippen LogP contribution in [0.5, 0.6) is 0 Å². The topological polar surface area (TPSA) is 86.6 Å². The third-order valence-electron chi connectivity index (χ3n) is 1.42. The molecule has 13 heavy (non-hydrogen) atoms. The van der Waals surface area contributed by atoms with Crippen molar-refractivity contribution < 1.29 is 19.8 Å². The Labute approximate surface area is 76.8 Å². The minimum Gasteiger partial charge on any atom is -0.393 e. The Bertz CT molecular complexity index is 200. The standard InChI is InChI=1S/C8H15NO4/c1-6(11)3-7(12)9-4-8(2,13)5-10/h10,13H,3-5H2,1-2H3,(H,9,12). The van der Waals surface area contributed by atoms with Crippen LogP contribution in [0.15, 0.2) is 0 Å². The molecule has 0 aromatic rings. The van der Waals surface area contributed by atoms with Crippen molar-refractivity contribution in [1.82, 2.24) is 5.32 Å². The number of aliphatic hydroxyl groups excluding tert-OH is 1. The van der Waals surface area contributed by atoms with Gasteiger partial charge < -0.3 is 15.5 Å². The second kappa shape index (κ2) is 4.94. The van der Waals surface area contributed by atoms with Crippen molar-refractivity contribution in [3.63, 3.8) is 0 Å². The van der Waals surface area contributed by atoms with E-state index < -0.39 is 18.1 Å². The molecule has 0 bridgehead atoms. The number of carbonyl (C=O) groups is 2. The van der Waals surface area contributed by atoms with Crippen LogP contribution in [0, 0.1) is 0 Å². The molecule has 76 valence electrons. The van der Waals surface area contributed by atoms with Gasteiger partial charge in [-0.3, -0.25) is 9.59 Å².